The van der Waals surface area contributed by atoms with Crippen molar-refractivity contribution in [3.05, 3.63) is 34.7 Å². The van der Waals surface area contributed by atoms with E-state index >= 15 is 0 Å². The summed E-state index contributed by atoms with van der Waals surface area (Å²) in [5.74, 6) is -0.196. The second kappa shape index (κ2) is 3.95. The van der Waals surface area contributed by atoms with Crippen molar-refractivity contribution in [2.24, 2.45) is 5.09 Å². The van der Waals surface area contributed by atoms with Crippen molar-refractivity contribution in [1.82, 2.24) is 0 Å². The summed E-state index contributed by atoms with van der Waals surface area (Å²) >= 11 is 0. The number of hydrogen-bond acceptors (Lipinski definition) is 4. The van der Waals surface area contributed by atoms with Gasteiger partial charge in [0.05, 0.1) is 0 Å². The van der Waals surface area contributed by atoms with Gasteiger partial charge >= 0.3 is 7.05 Å². The first-order chi connectivity index (χ1) is 6.16. The van der Waals surface area contributed by atoms with E-state index in [1.807, 2.05) is 0 Å². The third kappa shape index (κ3) is 2.00. The molecule has 0 aliphatic rings. The molecule has 0 saturated heterocycles. The average Bonchev–Trinajstić information content (AvgIpc) is 2.16. The molecular weight excluding hydrogens is 169 g/mol. The molecule has 0 radical (unpaired) electrons. The van der Waals surface area contributed by atoms with E-state index in [1.54, 1.807) is 18.2 Å². The van der Waals surface area contributed by atoms with Crippen molar-refractivity contribution < 1.29 is 9.82 Å². The number of nitrogens with zero attached hydrogens (tertiary/aromatic N) is 1. The van der Waals surface area contributed by atoms with Crippen LogP contribution in [0.2, 0.25) is 0 Å². The van der Waals surface area contributed by atoms with Gasteiger partial charge in [-0.2, -0.15) is 4.91 Å². The average molecular weight is 177 g/mol. The lowest BCUT2D eigenvalue weighted by Crippen LogP contribution is -2.32. The third-order valence-corrected chi connectivity index (χ3v) is 1.72. The Hall–Kier alpha value is -1.49. The molecule has 0 fully saturated rings. The minimum absolute atomic E-state index is 0.196. The largest absolute Gasteiger partial charge is 0.518 e. The number of carbonyl (C=O) groups is 1. The maximum atomic E-state index is 11.0. The fourth-order valence-corrected chi connectivity index (χ4v) is 1.10. The predicted molar refractivity (Wildman–Crippen MR) is 49.8 cm³/mol. The molecule has 0 heterocycles. The molecule has 0 aliphatic heterocycles. The van der Waals surface area contributed by atoms with Crippen LogP contribution in [0.1, 0.15) is 17.3 Å². The zero-order valence-electron chi connectivity index (χ0n) is 7.10. The second-order valence-electron chi connectivity index (χ2n) is 2.62. The highest BCUT2D eigenvalue weighted by Crippen LogP contribution is 1.99. The maximum absolute atomic E-state index is 11.0. The molecule has 1 aromatic rings. The van der Waals surface area contributed by atoms with E-state index < -0.39 is 7.05 Å². The van der Waals surface area contributed by atoms with E-state index in [-0.39, 0.29) is 11.2 Å². The number of nitroso groups, excluding NO2 is 1. The highest BCUT2D eigenvalue weighted by molar-refractivity contribution is 6.65. The minimum atomic E-state index is -1.46. The van der Waals surface area contributed by atoms with Gasteiger partial charge in [-0.05, 0) is 12.4 Å². The summed E-state index contributed by atoms with van der Waals surface area (Å²) < 4.78 is 0. The Morgan fingerprint density at radius 3 is 2.62 bits per heavy atom. The van der Waals surface area contributed by atoms with Gasteiger partial charge in [0, 0.05) is 5.56 Å². The predicted octanol–water partition coefficient (Wildman–Crippen LogP) is 0.343. The fraction of sp³-hybridized carbons (Fsp3) is 0.125. The van der Waals surface area contributed by atoms with Gasteiger partial charge in [0.25, 0.3) is 0 Å². The number of hydrogen-bond donors (Lipinski definition) is 1. The Kier molecular flexibility index (Phi) is 2.92. The quantitative estimate of drug-likeness (QED) is 0.411. The maximum Gasteiger partial charge on any atom is 0.518 e. The van der Waals surface area contributed by atoms with Crippen LogP contribution < -0.4 is 5.46 Å². The second-order valence-corrected chi connectivity index (χ2v) is 2.62. The third-order valence-electron chi connectivity index (χ3n) is 1.72. The highest BCUT2D eigenvalue weighted by Gasteiger charge is 2.20. The molecular formula is C8H8BNO3. The lowest BCUT2D eigenvalue weighted by molar-refractivity contribution is 0.101. The molecule has 0 atom stereocenters. The Morgan fingerprint density at radius 2 is 2.08 bits per heavy atom. The van der Waals surface area contributed by atoms with E-state index in [4.69, 9.17) is 5.02 Å². The van der Waals surface area contributed by atoms with E-state index in [0.29, 0.717) is 5.56 Å². The van der Waals surface area contributed by atoms with Crippen LogP contribution in [0.4, 0.5) is 0 Å². The first-order valence-electron chi connectivity index (χ1n) is 3.77. The molecule has 66 valence electrons. The van der Waals surface area contributed by atoms with Crippen molar-refractivity contribution in [1.29, 1.82) is 0 Å². The lowest BCUT2D eigenvalue weighted by atomic mass is 9.72. The molecule has 0 amide bonds. The number of benzene rings is 1. The molecule has 5 heteroatoms. The van der Waals surface area contributed by atoms with Crippen molar-refractivity contribution in [2.75, 3.05) is 0 Å². The molecule has 0 saturated carbocycles. The van der Waals surface area contributed by atoms with Crippen LogP contribution in [-0.2, 0) is 0 Å². The summed E-state index contributed by atoms with van der Waals surface area (Å²) in [7, 11) is -1.46. The van der Waals surface area contributed by atoms with Crippen molar-refractivity contribution in [3.63, 3.8) is 0 Å². The number of Topliss-reactive ketones (excluding diaryl/α,β-unsaturated/α-hetero) is 1. The standard InChI is InChI=1S/C8H8BNO3/c1-6(11)7-4-2-3-5-8(7)9(12)10-13/h2-5,12H,1H3. The fourth-order valence-electron chi connectivity index (χ4n) is 1.10. The van der Waals surface area contributed by atoms with E-state index in [0.717, 1.165) is 0 Å². The van der Waals surface area contributed by atoms with Crippen LogP contribution in [0.25, 0.3) is 0 Å². The minimum Gasteiger partial charge on any atom is -0.425 e. The highest BCUT2D eigenvalue weighted by atomic mass is 16.3. The number of rotatable bonds is 3. The SMILES string of the molecule is CC(=O)c1ccccc1B(O)N=O. The van der Waals surface area contributed by atoms with Gasteiger partial charge in [0.2, 0.25) is 0 Å². The van der Waals surface area contributed by atoms with Crippen LogP contribution in [0.3, 0.4) is 0 Å². The summed E-state index contributed by atoms with van der Waals surface area (Å²) in [4.78, 5) is 21.1. The van der Waals surface area contributed by atoms with E-state index in [9.17, 15) is 9.70 Å². The molecule has 4 nitrogen and oxygen atoms in total. The van der Waals surface area contributed by atoms with Crippen LogP contribution in [0.15, 0.2) is 29.4 Å². The van der Waals surface area contributed by atoms with Crippen molar-refractivity contribution in [3.8, 4) is 0 Å². The summed E-state index contributed by atoms with van der Waals surface area (Å²) in [6.07, 6.45) is 0. The van der Waals surface area contributed by atoms with E-state index in [1.165, 1.54) is 13.0 Å². The summed E-state index contributed by atoms with van der Waals surface area (Å²) in [5.41, 5.74) is 0.583. The molecule has 13 heavy (non-hydrogen) atoms. The zero-order valence-corrected chi connectivity index (χ0v) is 7.10. The summed E-state index contributed by atoms with van der Waals surface area (Å²) in [6, 6.07) is 6.35. The first-order valence-corrected chi connectivity index (χ1v) is 3.77. The van der Waals surface area contributed by atoms with Crippen LogP contribution in [0, 0.1) is 4.91 Å². The van der Waals surface area contributed by atoms with Crippen molar-refractivity contribution >= 4 is 18.3 Å². The smallest absolute Gasteiger partial charge is 0.425 e. The van der Waals surface area contributed by atoms with Gasteiger partial charge in [0.1, 0.15) is 0 Å². The monoisotopic (exact) mass is 177 g/mol. The Labute approximate surface area is 75.7 Å². The Balaban J connectivity index is 3.19. The van der Waals surface area contributed by atoms with Gasteiger partial charge < -0.3 is 5.02 Å². The van der Waals surface area contributed by atoms with Gasteiger partial charge in [-0.15, -0.1) is 0 Å². The Bertz CT molecular complexity index is 340. The first kappa shape index (κ1) is 9.60. The normalized spacial score (nSPS) is 9.38. The number of ketones is 1. The molecule has 0 aliphatic carbocycles. The summed E-state index contributed by atoms with van der Waals surface area (Å²) in [5, 5.41) is 11.6. The molecule has 1 aromatic carbocycles. The molecule has 0 aromatic heterocycles. The summed E-state index contributed by atoms with van der Waals surface area (Å²) in [6.45, 7) is 1.37. The van der Waals surface area contributed by atoms with Crippen LogP contribution in [-0.4, -0.2) is 17.9 Å². The van der Waals surface area contributed by atoms with Gasteiger partial charge in [-0.1, -0.05) is 29.4 Å². The van der Waals surface area contributed by atoms with Crippen molar-refractivity contribution in [2.45, 2.75) is 6.92 Å². The number of carbonyl (C=O) groups excluding carboxylic acids is 1. The Morgan fingerprint density at radius 1 is 1.46 bits per heavy atom. The molecule has 0 unspecified atom stereocenters. The molecule has 0 bridgehead atoms. The van der Waals surface area contributed by atoms with Crippen LogP contribution >= 0.6 is 0 Å². The topological polar surface area (TPSA) is 66.7 Å². The van der Waals surface area contributed by atoms with Gasteiger partial charge in [-0.25, -0.2) is 0 Å². The zero-order chi connectivity index (χ0) is 9.84. The van der Waals surface area contributed by atoms with Gasteiger partial charge in [-0.3, -0.25) is 4.79 Å². The van der Waals surface area contributed by atoms with Crippen LogP contribution in [0.5, 0.6) is 0 Å². The molecule has 0 spiro atoms. The molecule has 1 rings (SSSR count). The van der Waals surface area contributed by atoms with Gasteiger partial charge in [0.15, 0.2) is 5.78 Å². The molecule has 1 N–H and O–H groups in total. The van der Waals surface area contributed by atoms with E-state index in [2.05, 4.69) is 5.09 Å². The lowest BCUT2D eigenvalue weighted by Gasteiger charge is -2.03.